The Morgan fingerprint density at radius 1 is 1.09 bits per heavy atom. The normalized spacial score (nSPS) is 34.1. The van der Waals surface area contributed by atoms with E-state index in [1.807, 2.05) is 12.1 Å². The van der Waals surface area contributed by atoms with Gasteiger partial charge in [0.05, 0.1) is 18.8 Å². The zero-order valence-electron chi connectivity index (χ0n) is 21.1. The van der Waals surface area contributed by atoms with Crippen molar-refractivity contribution >= 4 is 5.91 Å². The molecule has 0 unspecified atom stereocenters. The van der Waals surface area contributed by atoms with Crippen molar-refractivity contribution in [1.82, 2.24) is 10.6 Å². The molecule has 6 atom stereocenters. The third-order valence-electron chi connectivity index (χ3n) is 8.85. The molecule has 34 heavy (non-hydrogen) atoms. The number of nitrogens with one attached hydrogen (secondary N) is 2. The van der Waals surface area contributed by atoms with Gasteiger partial charge in [-0.2, -0.15) is 0 Å². The van der Waals surface area contributed by atoms with Crippen LogP contribution in [0.25, 0.3) is 11.1 Å². The SMILES string of the molecule is COc1ccc(-c2cccc([C@@H]3OCC[C@]4(NC(C)=O)[C@H]5C[C@@H](C[C@@H]34)C(C)(C)N[C@@H]5C)c2)cc1. The molecule has 2 aromatic carbocycles. The lowest BCUT2D eigenvalue weighted by atomic mass is 9.52. The monoisotopic (exact) mass is 462 g/mol. The Morgan fingerprint density at radius 2 is 1.82 bits per heavy atom. The summed E-state index contributed by atoms with van der Waals surface area (Å²) in [5.41, 5.74) is 3.36. The van der Waals surface area contributed by atoms with Gasteiger partial charge in [0.25, 0.3) is 0 Å². The van der Waals surface area contributed by atoms with Crippen molar-refractivity contribution in [2.75, 3.05) is 13.7 Å². The number of amides is 1. The van der Waals surface area contributed by atoms with Gasteiger partial charge in [-0.25, -0.2) is 0 Å². The lowest BCUT2D eigenvalue weighted by molar-refractivity contribution is -0.160. The minimum atomic E-state index is -0.246. The lowest BCUT2D eigenvalue weighted by Gasteiger charge is -2.63. The maximum Gasteiger partial charge on any atom is 0.217 e. The minimum absolute atomic E-state index is 0.0369. The van der Waals surface area contributed by atoms with E-state index in [4.69, 9.17) is 9.47 Å². The van der Waals surface area contributed by atoms with E-state index in [-0.39, 0.29) is 29.0 Å². The van der Waals surface area contributed by atoms with Crippen molar-refractivity contribution in [3.8, 4) is 16.9 Å². The molecule has 2 aliphatic heterocycles. The van der Waals surface area contributed by atoms with E-state index in [1.54, 1.807) is 14.0 Å². The molecule has 2 heterocycles. The molecular weight excluding hydrogens is 424 g/mol. The Labute approximate surface area is 203 Å². The van der Waals surface area contributed by atoms with Crippen LogP contribution in [0.15, 0.2) is 48.5 Å². The van der Waals surface area contributed by atoms with Gasteiger partial charge in [0.2, 0.25) is 5.91 Å². The van der Waals surface area contributed by atoms with Gasteiger partial charge in [0.1, 0.15) is 5.75 Å². The molecule has 2 saturated heterocycles. The fourth-order valence-corrected chi connectivity index (χ4v) is 7.27. The van der Waals surface area contributed by atoms with Crippen LogP contribution in [0.1, 0.15) is 58.6 Å². The fraction of sp³-hybridized carbons (Fsp3) is 0.552. The van der Waals surface area contributed by atoms with Gasteiger partial charge in [-0.3, -0.25) is 4.79 Å². The van der Waals surface area contributed by atoms with E-state index in [2.05, 4.69) is 67.8 Å². The molecule has 1 aliphatic carbocycles. The Bertz CT molecular complexity index is 1050. The van der Waals surface area contributed by atoms with Crippen LogP contribution in [0.5, 0.6) is 5.75 Å². The largest absolute Gasteiger partial charge is 0.497 e. The zero-order valence-corrected chi connectivity index (χ0v) is 21.1. The molecule has 5 nitrogen and oxygen atoms in total. The molecule has 0 radical (unpaired) electrons. The topological polar surface area (TPSA) is 59.6 Å². The lowest BCUT2D eigenvalue weighted by Crippen LogP contribution is -2.73. The van der Waals surface area contributed by atoms with Crippen LogP contribution < -0.4 is 15.4 Å². The maximum atomic E-state index is 12.5. The number of methoxy groups -OCH3 is 1. The summed E-state index contributed by atoms with van der Waals surface area (Å²) in [6, 6.07) is 17.3. The maximum absolute atomic E-state index is 12.5. The first-order chi connectivity index (χ1) is 16.2. The van der Waals surface area contributed by atoms with Gasteiger partial charge < -0.3 is 20.1 Å². The van der Waals surface area contributed by atoms with Crippen molar-refractivity contribution in [3.05, 3.63) is 54.1 Å². The van der Waals surface area contributed by atoms with Crippen molar-refractivity contribution in [1.29, 1.82) is 0 Å². The van der Waals surface area contributed by atoms with Gasteiger partial charge >= 0.3 is 0 Å². The van der Waals surface area contributed by atoms with Crippen LogP contribution in [-0.2, 0) is 9.53 Å². The van der Waals surface area contributed by atoms with Gasteiger partial charge in [0, 0.05) is 31.0 Å². The van der Waals surface area contributed by atoms with Crippen LogP contribution >= 0.6 is 0 Å². The summed E-state index contributed by atoms with van der Waals surface area (Å²) in [5.74, 6) is 2.10. The molecular formula is C29H38N2O3. The van der Waals surface area contributed by atoms with Crippen molar-refractivity contribution in [2.24, 2.45) is 17.8 Å². The molecule has 1 saturated carbocycles. The summed E-state index contributed by atoms with van der Waals surface area (Å²) in [4.78, 5) is 12.5. The Kier molecular flexibility index (Phi) is 5.97. The predicted molar refractivity (Wildman–Crippen MR) is 135 cm³/mol. The van der Waals surface area contributed by atoms with Crippen molar-refractivity contribution < 1.29 is 14.3 Å². The third kappa shape index (κ3) is 3.93. The smallest absolute Gasteiger partial charge is 0.217 e. The quantitative estimate of drug-likeness (QED) is 0.663. The number of carbonyl (C=O) groups excluding carboxylic acids is 1. The molecule has 5 rings (SSSR count). The molecule has 182 valence electrons. The fourth-order valence-electron chi connectivity index (χ4n) is 7.27. The number of carbonyl (C=O) groups is 1. The predicted octanol–water partition coefficient (Wildman–Crippen LogP) is 5.11. The van der Waals surface area contributed by atoms with E-state index in [0.717, 1.165) is 30.6 Å². The van der Waals surface area contributed by atoms with E-state index >= 15 is 0 Å². The van der Waals surface area contributed by atoms with Crippen LogP contribution in [-0.4, -0.2) is 36.7 Å². The first kappa shape index (κ1) is 23.4. The second-order valence-electron chi connectivity index (χ2n) is 11.2. The number of hydrogen-bond donors (Lipinski definition) is 2. The highest BCUT2D eigenvalue weighted by Gasteiger charge is 2.61. The number of fused-ring (bicyclic) bond motifs is 4. The molecule has 0 spiro atoms. The highest BCUT2D eigenvalue weighted by Crippen LogP contribution is 2.57. The second kappa shape index (κ2) is 8.69. The van der Waals surface area contributed by atoms with Gasteiger partial charge in [0.15, 0.2) is 0 Å². The van der Waals surface area contributed by atoms with Crippen LogP contribution in [0.3, 0.4) is 0 Å². The summed E-state index contributed by atoms with van der Waals surface area (Å²) >= 11 is 0. The highest BCUT2D eigenvalue weighted by atomic mass is 16.5. The summed E-state index contributed by atoms with van der Waals surface area (Å²) in [6.07, 6.45) is 3.03. The van der Waals surface area contributed by atoms with Gasteiger partial charge in [-0.1, -0.05) is 30.3 Å². The molecule has 3 fully saturated rings. The van der Waals surface area contributed by atoms with E-state index in [0.29, 0.717) is 24.5 Å². The first-order valence-electron chi connectivity index (χ1n) is 12.7. The molecule has 1 amide bonds. The second-order valence-corrected chi connectivity index (χ2v) is 11.2. The van der Waals surface area contributed by atoms with E-state index in [9.17, 15) is 4.79 Å². The summed E-state index contributed by atoms with van der Waals surface area (Å²) in [6.45, 7) is 9.28. The van der Waals surface area contributed by atoms with Crippen LogP contribution in [0.2, 0.25) is 0 Å². The number of piperidine rings is 1. The summed E-state index contributed by atoms with van der Waals surface area (Å²) in [7, 11) is 1.69. The Balaban J connectivity index is 1.54. The molecule has 0 aromatic heterocycles. The highest BCUT2D eigenvalue weighted by molar-refractivity contribution is 5.74. The summed E-state index contributed by atoms with van der Waals surface area (Å²) < 4.78 is 11.9. The van der Waals surface area contributed by atoms with Crippen LogP contribution in [0.4, 0.5) is 0 Å². The standard InChI is InChI=1S/C29H38N2O3/c1-18-25-16-23(28(3,4)30-18)17-26-27(34-14-13-29(25,26)31-19(2)32)22-8-6-7-21(15-22)20-9-11-24(33-5)12-10-20/h6-12,15,18,23,25-27,30H,13-14,16-17H2,1-5H3,(H,31,32)/t18-,23+,25+,26+,27+,29+/m1/s1. The Hall–Kier alpha value is -2.37. The zero-order chi connectivity index (χ0) is 24.1. The molecule has 2 N–H and O–H groups in total. The van der Waals surface area contributed by atoms with E-state index in [1.165, 1.54) is 11.1 Å². The molecule has 2 aromatic rings. The third-order valence-corrected chi connectivity index (χ3v) is 8.85. The van der Waals surface area contributed by atoms with Gasteiger partial charge in [-0.15, -0.1) is 0 Å². The van der Waals surface area contributed by atoms with Crippen molar-refractivity contribution in [2.45, 2.75) is 70.2 Å². The number of ether oxygens (including phenoxy) is 2. The van der Waals surface area contributed by atoms with Crippen LogP contribution in [0, 0.1) is 17.8 Å². The number of hydrogen-bond acceptors (Lipinski definition) is 4. The average Bonchev–Trinajstić information content (AvgIpc) is 2.81. The first-order valence-corrected chi connectivity index (χ1v) is 12.7. The number of benzene rings is 2. The molecule has 5 heteroatoms. The van der Waals surface area contributed by atoms with Gasteiger partial charge in [-0.05, 0) is 86.8 Å². The molecule has 3 aliphatic rings. The number of rotatable bonds is 4. The Morgan fingerprint density at radius 3 is 2.53 bits per heavy atom. The summed E-state index contributed by atoms with van der Waals surface area (Å²) in [5, 5.41) is 7.38. The minimum Gasteiger partial charge on any atom is -0.497 e. The van der Waals surface area contributed by atoms with E-state index < -0.39 is 0 Å². The molecule has 2 bridgehead atoms. The van der Waals surface area contributed by atoms with Crippen molar-refractivity contribution in [3.63, 3.8) is 0 Å². The average molecular weight is 463 g/mol.